The number of amides is 1. The standard InChI is InChI=1S/C21H25N5O/c22-20-18-14-17(8-9-19(18)24-25-20)15-4-6-16(7-5-15)21(27)23-10-3-13-26-11-1-2-12-26/h4-9,14H,1-3,10-13H2,(H,23,27)(H3,22,24,25). The number of aromatic amines is 1. The lowest BCUT2D eigenvalue weighted by Crippen LogP contribution is -2.28. The van der Waals surface area contributed by atoms with Crippen molar-refractivity contribution in [3.63, 3.8) is 0 Å². The number of nitrogens with zero attached hydrogens (tertiary/aromatic N) is 2. The van der Waals surface area contributed by atoms with E-state index in [0.29, 0.717) is 17.9 Å². The molecule has 4 rings (SSSR count). The maximum absolute atomic E-state index is 12.3. The molecule has 1 aliphatic rings. The molecule has 1 aromatic heterocycles. The zero-order chi connectivity index (χ0) is 18.6. The van der Waals surface area contributed by atoms with Crippen molar-refractivity contribution in [2.24, 2.45) is 0 Å². The van der Waals surface area contributed by atoms with Gasteiger partial charge in [0.2, 0.25) is 0 Å². The highest BCUT2D eigenvalue weighted by Gasteiger charge is 2.11. The minimum Gasteiger partial charge on any atom is -0.382 e. The Balaban J connectivity index is 1.35. The van der Waals surface area contributed by atoms with Gasteiger partial charge in [-0.1, -0.05) is 18.2 Å². The van der Waals surface area contributed by atoms with Crippen molar-refractivity contribution in [2.45, 2.75) is 19.3 Å². The number of nitrogens with two attached hydrogens (primary N) is 1. The van der Waals surface area contributed by atoms with Crippen LogP contribution in [0, 0.1) is 0 Å². The molecular formula is C21H25N5O. The molecule has 1 fully saturated rings. The van der Waals surface area contributed by atoms with Crippen molar-refractivity contribution in [1.82, 2.24) is 20.4 Å². The molecule has 6 nitrogen and oxygen atoms in total. The Morgan fingerprint density at radius 3 is 2.63 bits per heavy atom. The smallest absolute Gasteiger partial charge is 0.251 e. The average molecular weight is 363 g/mol. The van der Waals surface area contributed by atoms with Gasteiger partial charge in [-0.2, -0.15) is 5.10 Å². The molecule has 6 heteroatoms. The summed E-state index contributed by atoms with van der Waals surface area (Å²) in [5, 5.41) is 10.9. The average Bonchev–Trinajstić information content (AvgIpc) is 3.35. The van der Waals surface area contributed by atoms with E-state index in [1.165, 1.54) is 25.9 Å². The van der Waals surface area contributed by atoms with E-state index in [2.05, 4.69) is 20.4 Å². The molecule has 0 aliphatic carbocycles. The van der Waals surface area contributed by atoms with E-state index in [1.54, 1.807) is 0 Å². The van der Waals surface area contributed by atoms with Crippen molar-refractivity contribution >= 4 is 22.6 Å². The Labute approximate surface area is 158 Å². The Hall–Kier alpha value is -2.86. The first-order valence-electron chi connectivity index (χ1n) is 9.55. The molecule has 2 aromatic carbocycles. The monoisotopic (exact) mass is 363 g/mol. The van der Waals surface area contributed by atoms with E-state index in [0.717, 1.165) is 35.0 Å². The molecule has 1 amide bonds. The van der Waals surface area contributed by atoms with Crippen molar-refractivity contribution in [2.75, 3.05) is 31.9 Å². The third-order valence-corrected chi connectivity index (χ3v) is 5.21. The number of hydrogen-bond donors (Lipinski definition) is 3. The fourth-order valence-corrected chi connectivity index (χ4v) is 3.64. The molecule has 1 saturated heterocycles. The van der Waals surface area contributed by atoms with Crippen LogP contribution in [-0.2, 0) is 0 Å². The Morgan fingerprint density at radius 1 is 1.11 bits per heavy atom. The fourth-order valence-electron chi connectivity index (χ4n) is 3.64. The SMILES string of the molecule is Nc1n[nH]c2ccc(-c3ccc(C(=O)NCCCN4CCCC4)cc3)cc12. The van der Waals surface area contributed by atoms with Gasteiger partial charge in [0.1, 0.15) is 0 Å². The second-order valence-electron chi connectivity index (χ2n) is 7.10. The molecule has 3 aromatic rings. The summed E-state index contributed by atoms with van der Waals surface area (Å²) in [7, 11) is 0. The summed E-state index contributed by atoms with van der Waals surface area (Å²) in [5.41, 5.74) is 9.58. The minimum absolute atomic E-state index is 0.0162. The van der Waals surface area contributed by atoms with E-state index in [1.807, 2.05) is 42.5 Å². The molecule has 0 spiro atoms. The van der Waals surface area contributed by atoms with Gasteiger partial charge in [0.15, 0.2) is 5.82 Å². The number of benzene rings is 2. The third-order valence-electron chi connectivity index (χ3n) is 5.21. The van der Waals surface area contributed by atoms with Gasteiger partial charge in [0.05, 0.1) is 5.52 Å². The van der Waals surface area contributed by atoms with Gasteiger partial charge in [-0.15, -0.1) is 0 Å². The van der Waals surface area contributed by atoms with E-state index >= 15 is 0 Å². The third kappa shape index (κ3) is 3.95. The second kappa shape index (κ2) is 7.80. The molecule has 0 unspecified atom stereocenters. The highest BCUT2D eigenvalue weighted by atomic mass is 16.1. The first kappa shape index (κ1) is 17.5. The molecule has 27 heavy (non-hydrogen) atoms. The van der Waals surface area contributed by atoms with Crippen LogP contribution < -0.4 is 11.1 Å². The van der Waals surface area contributed by atoms with Crippen LogP contribution in [0.3, 0.4) is 0 Å². The number of hydrogen-bond acceptors (Lipinski definition) is 4. The lowest BCUT2D eigenvalue weighted by molar-refractivity contribution is 0.0952. The summed E-state index contributed by atoms with van der Waals surface area (Å²) in [5.74, 6) is 0.481. The van der Waals surface area contributed by atoms with Crippen molar-refractivity contribution in [1.29, 1.82) is 0 Å². The largest absolute Gasteiger partial charge is 0.382 e. The van der Waals surface area contributed by atoms with Gasteiger partial charge in [0.25, 0.3) is 5.91 Å². The van der Waals surface area contributed by atoms with Crippen molar-refractivity contribution in [3.8, 4) is 11.1 Å². The summed E-state index contributed by atoms with van der Waals surface area (Å²) < 4.78 is 0. The van der Waals surface area contributed by atoms with E-state index in [4.69, 9.17) is 5.73 Å². The number of carbonyl (C=O) groups is 1. The maximum Gasteiger partial charge on any atom is 0.251 e. The summed E-state index contributed by atoms with van der Waals surface area (Å²) in [6.45, 7) is 4.18. The fraction of sp³-hybridized carbons (Fsp3) is 0.333. The number of nitrogens with one attached hydrogen (secondary N) is 2. The number of nitrogen functional groups attached to an aromatic ring is 1. The van der Waals surface area contributed by atoms with Crippen molar-refractivity contribution in [3.05, 3.63) is 48.0 Å². The van der Waals surface area contributed by atoms with Crippen LogP contribution in [0.4, 0.5) is 5.82 Å². The van der Waals surface area contributed by atoms with Crippen molar-refractivity contribution < 1.29 is 4.79 Å². The molecule has 0 radical (unpaired) electrons. The molecule has 2 heterocycles. The number of fused-ring (bicyclic) bond motifs is 1. The molecule has 140 valence electrons. The first-order chi connectivity index (χ1) is 13.2. The van der Waals surface area contributed by atoms with Gasteiger partial charge >= 0.3 is 0 Å². The van der Waals surface area contributed by atoms with Crippen LogP contribution in [0.2, 0.25) is 0 Å². The summed E-state index contributed by atoms with van der Waals surface area (Å²) >= 11 is 0. The zero-order valence-corrected chi connectivity index (χ0v) is 15.4. The first-order valence-corrected chi connectivity index (χ1v) is 9.55. The molecule has 0 saturated carbocycles. The number of carbonyl (C=O) groups excluding carboxylic acids is 1. The number of H-pyrrole nitrogens is 1. The zero-order valence-electron chi connectivity index (χ0n) is 15.4. The molecular weight excluding hydrogens is 338 g/mol. The number of likely N-dealkylation sites (tertiary alicyclic amines) is 1. The van der Waals surface area contributed by atoms with Crippen LogP contribution in [-0.4, -0.2) is 47.2 Å². The summed E-state index contributed by atoms with van der Waals surface area (Å²) in [6.07, 6.45) is 3.60. The van der Waals surface area contributed by atoms with Gasteiger partial charge in [-0.05, 0) is 74.3 Å². The van der Waals surface area contributed by atoms with Gasteiger partial charge < -0.3 is 16.0 Å². The second-order valence-corrected chi connectivity index (χ2v) is 7.10. The normalized spacial score (nSPS) is 14.7. The maximum atomic E-state index is 12.3. The van der Waals surface area contributed by atoms with Gasteiger partial charge in [0, 0.05) is 17.5 Å². The number of anilines is 1. The number of rotatable bonds is 6. The van der Waals surface area contributed by atoms with Crippen LogP contribution >= 0.6 is 0 Å². The summed E-state index contributed by atoms with van der Waals surface area (Å²) in [4.78, 5) is 14.8. The highest BCUT2D eigenvalue weighted by molar-refractivity contribution is 5.95. The van der Waals surface area contributed by atoms with E-state index < -0.39 is 0 Å². The van der Waals surface area contributed by atoms with Crippen LogP contribution in [0.25, 0.3) is 22.0 Å². The Morgan fingerprint density at radius 2 is 1.85 bits per heavy atom. The lowest BCUT2D eigenvalue weighted by Gasteiger charge is -2.14. The van der Waals surface area contributed by atoms with Crippen LogP contribution in [0.5, 0.6) is 0 Å². The minimum atomic E-state index is -0.0162. The molecule has 1 aliphatic heterocycles. The predicted molar refractivity (Wildman–Crippen MR) is 109 cm³/mol. The Kier molecular flexibility index (Phi) is 5.07. The quantitative estimate of drug-likeness (QED) is 0.588. The Bertz CT molecular complexity index is 925. The van der Waals surface area contributed by atoms with Gasteiger partial charge in [-0.3, -0.25) is 9.89 Å². The highest BCUT2D eigenvalue weighted by Crippen LogP contribution is 2.26. The number of aromatic nitrogens is 2. The summed E-state index contributed by atoms with van der Waals surface area (Å²) in [6, 6.07) is 13.7. The predicted octanol–water partition coefficient (Wildman–Crippen LogP) is 3.03. The molecule has 0 bridgehead atoms. The van der Waals surface area contributed by atoms with Gasteiger partial charge in [-0.25, -0.2) is 0 Å². The molecule has 0 atom stereocenters. The topological polar surface area (TPSA) is 87.0 Å². The van der Waals surface area contributed by atoms with Crippen LogP contribution in [0.1, 0.15) is 29.6 Å². The van der Waals surface area contributed by atoms with E-state index in [-0.39, 0.29) is 5.91 Å². The van der Waals surface area contributed by atoms with E-state index in [9.17, 15) is 4.79 Å². The molecule has 4 N–H and O–H groups in total. The lowest BCUT2D eigenvalue weighted by atomic mass is 10.0. The van der Waals surface area contributed by atoms with Crippen LogP contribution in [0.15, 0.2) is 42.5 Å².